The van der Waals surface area contributed by atoms with Gasteiger partial charge in [-0.1, -0.05) is 0 Å². The van der Waals surface area contributed by atoms with Crippen LogP contribution in [0.2, 0.25) is 0 Å². The third kappa shape index (κ3) is 3.25. The fraction of sp³-hybridized carbons (Fsp3) is 0.500. The highest BCUT2D eigenvalue weighted by molar-refractivity contribution is 7.89. The number of nitrogens with zero attached hydrogens (tertiary/aromatic N) is 2. The molecule has 0 radical (unpaired) electrons. The van der Waals surface area contributed by atoms with Crippen LogP contribution in [0.15, 0.2) is 29.2 Å². The molecule has 1 heterocycles. The molecule has 1 aromatic carbocycles. The fourth-order valence-electron chi connectivity index (χ4n) is 3.04. The Morgan fingerprint density at radius 2 is 1.68 bits per heavy atom. The summed E-state index contributed by atoms with van der Waals surface area (Å²) in [5.74, 6) is -2.06. The second kappa shape index (κ2) is 6.38. The molecule has 0 aromatic heterocycles. The van der Waals surface area contributed by atoms with E-state index in [-0.39, 0.29) is 24.5 Å². The zero-order valence-corrected chi connectivity index (χ0v) is 14.3. The van der Waals surface area contributed by atoms with Gasteiger partial charge in [0.1, 0.15) is 11.2 Å². The second-order valence-electron chi connectivity index (χ2n) is 6.39. The predicted molar refractivity (Wildman–Crippen MR) is 85.7 cm³/mol. The van der Waals surface area contributed by atoms with Crippen molar-refractivity contribution < 1.29 is 27.5 Å². The molecule has 0 spiro atoms. The standard InChI is InChI=1S/C16H19FN2O5S/c17-12-2-4-13(5-3-12)25(23,24)19-9-1-8-18(10-11-19)14(20)16(6-7-16)15(21)22/h2-5H,1,6-11H2,(H,21,22). The number of aliphatic carboxylic acids is 1. The first kappa shape index (κ1) is 17.8. The maximum Gasteiger partial charge on any atom is 0.319 e. The summed E-state index contributed by atoms with van der Waals surface area (Å²) in [5, 5.41) is 9.24. The molecule has 1 amide bonds. The number of amides is 1. The fourth-order valence-corrected chi connectivity index (χ4v) is 4.51. The van der Waals surface area contributed by atoms with E-state index < -0.39 is 33.1 Å². The van der Waals surface area contributed by atoms with Crippen molar-refractivity contribution in [3.63, 3.8) is 0 Å². The number of benzene rings is 1. The van der Waals surface area contributed by atoms with E-state index in [1.165, 1.54) is 21.3 Å². The van der Waals surface area contributed by atoms with Gasteiger partial charge in [-0.25, -0.2) is 12.8 Å². The van der Waals surface area contributed by atoms with Crippen molar-refractivity contribution >= 4 is 21.9 Å². The first-order valence-corrected chi connectivity index (χ1v) is 9.50. The van der Waals surface area contributed by atoms with Crippen LogP contribution in [0.1, 0.15) is 19.3 Å². The van der Waals surface area contributed by atoms with Gasteiger partial charge in [-0.2, -0.15) is 4.31 Å². The summed E-state index contributed by atoms with van der Waals surface area (Å²) >= 11 is 0. The monoisotopic (exact) mass is 370 g/mol. The highest BCUT2D eigenvalue weighted by atomic mass is 32.2. The number of sulfonamides is 1. The topological polar surface area (TPSA) is 95.0 Å². The smallest absolute Gasteiger partial charge is 0.319 e. The van der Waals surface area contributed by atoms with Gasteiger partial charge in [-0.05, 0) is 43.5 Å². The molecule has 0 unspecified atom stereocenters. The average molecular weight is 370 g/mol. The lowest BCUT2D eigenvalue weighted by molar-refractivity contribution is -0.153. The number of carbonyl (C=O) groups is 2. The molecule has 0 bridgehead atoms. The van der Waals surface area contributed by atoms with Crippen LogP contribution in [-0.4, -0.2) is 60.8 Å². The van der Waals surface area contributed by atoms with E-state index in [0.29, 0.717) is 25.8 Å². The van der Waals surface area contributed by atoms with Crippen LogP contribution in [0.4, 0.5) is 4.39 Å². The van der Waals surface area contributed by atoms with E-state index in [9.17, 15) is 27.5 Å². The van der Waals surface area contributed by atoms with Gasteiger partial charge in [-0.3, -0.25) is 9.59 Å². The van der Waals surface area contributed by atoms with Crippen LogP contribution in [0.5, 0.6) is 0 Å². The molecule has 9 heteroatoms. The quantitative estimate of drug-likeness (QED) is 0.795. The highest BCUT2D eigenvalue weighted by Crippen LogP contribution is 2.47. The Morgan fingerprint density at radius 3 is 2.24 bits per heavy atom. The van der Waals surface area contributed by atoms with Crippen molar-refractivity contribution in [1.29, 1.82) is 0 Å². The summed E-state index contributed by atoms with van der Waals surface area (Å²) in [6.45, 7) is 0.780. The molecule has 1 N–H and O–H groups in total. The van der Waals surface area contributed by atoms with Crippen LogP contribution < -0.4 is 0 Å². The number of halogens is 1. The molecule has 1 aromatic rings. The van der Waals surface area contributed by atoms with E-state index in [1.807, 2.05) is 0 Å². The van der Waals surface area contributed by atoms with Crippen molar-refractivity contribution in [2.75, 3.05) is 26.2 Å². The van der Waals surface area contributed by atoms with E-state index >= 15 is 0 Å². The second-order valence-corrected chi connectivity index (χ2v) is 8.33. The molecule has 136 valence electrons. The van der Waals surface area contributed by atoms with Gasteiger partial charge in [0, 0.05) is 26.2 Å². The Kier molecular flexibility index (Phi) is 4.54. The average Bonchev–Trinajstić information content (AvgIpc) is 3.39. The summed E-state index contributed by atoms with van der Waals surface area (Å²) in [7, 11) is -3.78. The van der Waals surface area contributed by atoms with Crippen molar-refractivity contribution in [1.82, 2.24) is 9.21 Å². The van der Waals surface area contributed by atoms with Crippen molar-refractivity contribution in [3.05, 3.63) is 30.1 Å². The predicted octanol–water partition coefficient (Wildman–Crippen LogP) is 0.913. The maximum atomic E-state index is 13.0. The van der Waals surface area contributed by atoms with Gasteiger partial charge in [0.25, 0.3) is 0 Å². The van der Waals surface area contributed by atoms with E-state index in [4.69, 9.17) is 0 Å². The minimum absolute atomic E-state index is 0.00197. The van der Waals surface area contributed by atoms with Crippen molar-refractivity contribution in [2.24, 2.45) is 5.41 Å². The van der Waals surface area contributed by atoms with Gasteiger partial charge < -0.3 is 10.0 Å². The Bertz CT molecular complexity index is 789. The van der Waals surface area contributed by atoms with Crippen LogP contribution in [0.25, 0.3) is 0 Å². The zero-order chi connectivity index (χ0) is 18.2. The molecule has 7 nitrogen and oxygen atoms in total. The summed E-state index contributed by atoms with van der Waals surface area (Å²) in [6.07, 6.45) is 1.08. The Balaban J connectivity index is 1.72. The van der Waals surface area contributed by atoms with Gasteiger partial charge in [0.2, 0.25) is 15.9 Å². The van der Waals surface area contributed by atoms with Crippen LogP contribution in [0.3, 0.4) is 0 Å². The molecular formula is C16H19FN2O5S. The van der Waals surface area contributed by atoms with Crippen LogP contribution in [0, 0.1) is 11.2 Å². The number of hydrogen-bond acceptors (Lipinski definition) is 4. The van der Waals surface area contributed by atoms with Gasteiger partial charge in [-0.15, -0.1) is 0 Å². The normalized spacial score (nSPS) is 20.8. The first-order valence-electron chi connectivity index (χ1n) is 8.06. The number of carboxylic acid groups (broad SMARTS) is 1. The Morgan fingerprint density at radius 1 is 1.04 bits per heavy atom. The summed E-state index contributed by atoms with van der Waals surface area (Å²) in [6, 6.07) is 4.60. The summed E-state index contributed by atoms with van der Waals surface area (Å²) < 4.78 is 39.6. The molecule has 1 aliphatic carbocycles. The molecule has 2 aliphatic rings. The van der Waals surface area contributed by atoms with E-state index in [0.717, 1.165) is 12.1 Å². The lowest BCUT2D eigenvalue weighted by Crippen LogP contribution is -2.43. The first-order chi connectivity index (χ1) is 11.8. The Hall–Kier alpha value is -2.00. The molecule has 2 fully saturated rings. The molecular weight excluding hydrogens is 351 g/mol. The number of rotatable bonds is 4. The zero-order valence-electron chi connectivity index (χ0n) is 13.5. The minimum Gasteiger partial charge on any atom is -0.480 e. The molecule has 3 rings (SSSR count). The lowest BCUT2D eigenvalue weighted by atomic mass is 10.1. The van der Waals surface area contributed by atoms with Gasteiger partial charge >= 0.3 is 5.97 Å². The molecule has 1 saturated heterocycles. The molecule has 1 aliphatic heterocycles. The molecule has 0 atom stereocenters. The van der Waals surface area contributed by atoms with Crippen LogP contribution >= 0.6 is 0 Å². The van der Waals surface area contributed by atoms with Gasteiger partial charge in [0.05, 0.1) is 4.90 Å². The van der Waals surface area contributed by atoms with Crippen LogP contribution in [-0.2, 0) is 19.6 Å². The molecule has 25 heavy (non-hydrogen) atoms. The minimum atomic E-state index is -3.78. The summed E-state index contributed by atoms with van der Waals surface area (Å²) in [4.78, 5) is 25.2. The van der Waals surface area contributed by atoms with Crippen molar-refractivity contribution in [2.45, 2.75) is 24.2 Å². The number of hydrogen-bond donors (Lipinski definition) is 1. The SMILES string of the molecule is O=C(O)C1(C(=O)N2CCCN(S(=O)(=O)c3ccc(F)cc3)CC2)CC1. The maximum absolute atomic E-state index is 13.0. The van der Waals surface area contributed by atoms with Crippen molar-refractivity contribution in [3.8, 4) is 0 Å². The van der Waals surface area contributed by atoms with E-state index in [2.05, 4.69) is 0 Å². The molecule has 1 saturated carbocycles. The summed E-state index contributed by atoms with van der Waals surface area (Å²) in [5.41, 5.74) is -1.31. The number of carbonyl (C=O) groups excluding carboxylic acids is 1. The third-order valence-corrected chi connectivity index (χ3v) is 6.68. The largest absolute Gasteiger partial charge is 0.480 e. The third-order valence-electron chi connectivity index (χ3n) is 4.76. The highest BCUT2D eigenvalue weighted by Gasteiger charge is 2.58. The van der Waals surface area contributed by atoms with Gasteiger partial charge in [0.15, 0.2) is 0 Å². The Labute approximate surface area is 145 Å². The lowest BCUT2D eigenvalue weighted by Gasteiger charge is -2.24. The van der Waals surface area contributed by atoms with E-state index in [1.54, 1.807) is 0 Å². The number of carboxylic acids is 1.